The number of nitrogens with zero attached hydrogens (tertiary/aromatic N) is 1. The largest absolute Gasteiger partial charge is 0.496 e. The molecule has 4 heteroatoms. The number of pyridine rings is 1. The van der Waals surface area contributed by atoms with E-state index >= 15 is 0 Å². The fourth-order valence-corrected chi connectivity index (χ4v) is 2.88. The van der Waals surface area contributed by atoms with Crippen molar-refractivity contribution in [1.82, 2.24) is 4.98 Å². The average Bonchev–Trinajstić information content (AvgIpc) is 2.95. The highest BCUT2D eigenvalue weighted by Gasteiger charge is 2.23. The van der Waals surface area contributed by atoms with Gasteiger partial charge in [-0.1, -0.05) is 12.1 Å². The van der Waals surface area contributed by atoms with Crippen LogP contribution in [0.25, 0.3) is 11.3 Å². The first kappa shape index (κ1) is 12.5. The van der Waals surface area contributed by atoms with Crippen LogP contribution >= 0.6 is 0 Å². The number of benzene rings is 1. The third-order valence-electron chi connectivity index (χ3n) is 3.78. The number of methoxy groups -OCH3 is 1. The minimum absolute atomic E-state index is 0.260. The summed E-state index contributed by atoms with van der Waals surface area (Å²) >= 11 is 0. The van der Waals surface area contributed by atoms with E-state index in [1.54, 1.807) is 7.11 Å². The molecule has 0 atom stereocenters. The number of aromatic amines is 1. The van der Waals surface area contributed by atoms with Gasteiger partial charge >= 0.3 is 0 Å². The van der Waals surface area contributed by atoms with E-state index in [1.807, 2.05) is 30.3 Å². The van der Waals surface area contributed by atoms with Gasteiger partial charge in [-0.25, -0.2) is 0 Å². The van der Waals surface area contributed by atoms with Gasteiger partial charge in [-0.3, -0.25) is 4.79 Å². The number of nitrogens with one attached hydrogen (secondary N) is 1. The van der Waals surface area contributed by atoms with Crippen molar-refractivity contribution in [3.8, 4) is 23.1 Å². The van der Waals surface area contributed by atoms with Gasteiger partial charge in [0.05, 0.1) is 12.8 Å². The molecule has 3 rings (SSSR count). The zero-order valence-electron chi connectivity index (χ0n) is 11.2. The number of para-hydroxylation sites is 1. The first-order valence-electron chi connectivity index (χ1n) is 6.57. The molecule has 20 heavy (non-hydrogen) atoms. The standard InChI is InChI=1S/C16H14N2O2/c1-20-14-8-3-2-5-12(14)15-11-7-4-6-10(11)13(9-17)16(19)18-15/h2-3,5,8H,4,6-7H2,1H3,(H,18,19). The zero-order chi connectivity index (χ0) is 14.1. The number of hydrogen-bond acceptors (Lipinski definition) is 3. The van der Waals surface area contributed by atoms with Crippen molar-refractivity contribution in [3.63, 3.8) is 0 Å². The highest BCUT2D eigenvalue weighted by Crippen LogP contribution is 2.35. The number of hydrogen-bond donors (Lipinski definition) is 1. The quantitative estimate of drug-likeness (QED) is 0.907. The topological polar surface area (TPSA) is 65.9 Å². The van der Waals surface area contributed by atoms with E-state index in [9.17, 15) is 4.79 Å². The van der Waals surface area contributed by atoms with E-state index in [0.29, 0.717) is 0 Å². The summed E-state index contributed by atoms with van der Waals surface area (Å²) in [6.45, 7) is 0. The van der Waals surface area contributed by atoms with E-state index in [0.717, 1.165) is 47.4 Å². The van der Waals surface area contributed by atoms with Crippen LogP contribution in [-0.4, -0.2) is 12.1 Å². The third kappa shape index (κ3) is 1.79. The van der Waals surface area contributed by atoms with Crippen molar-refractivity contribution >= 4 is 0 Å². The van der Waals surface area contributed by atoms with Gasteiger partial charge in [0.15, 0.2) is 0 Å². The molecular weight excluding hydrogens is 252 g/mol. The Morgan fingerprint density at radius 3 is 2.75 bits per heavy atom. The summed E-state index contributed by atoms with van der Waals surface area (Å²) in [5.41, 5.74) is 3.58. The molecule has 1 aliphatic rings. The Bertz CT molecular complexity index is 769. The Morgan fingerprint density at radius 1 is 1.25 bits per heavy atom. The van der Waals surface area contributed by atoms with Gasteiger partial charge in [0.1, 0.15) is 17.4 Å². The van der Waals surface area contributed by atoms with Crippen LogP contribution in [0.15, 0.2) is 29.1 Å². The fourth-order valence-electron chi connectivity index (χ4n) is 2.88. The van der Waals surface area contributed by atoms with Gasteiger partial charge in [-0.15, -0.1) is 0 Å². The Morgan fingerprint density at radius 2 is 2.00 bits per heavy atom. The summed E-state index contributed by atoms with van der Waals surface area (Å²) in [7, 11) is 1.61. The Labute approximate surface area is 116 Å². The van der Waals surface area contributed by atoms with Crippen LogP contribution in [0.5, 0.6) is 5.75 Å². The second-order valence-electron chi connectivity index (χ2n) is 4.83. The average molecular weight is 266 g/mol. The molecule has 0 saturated carbocycles. The van der Waals surface area contributed by atoms with Crippen molar-refractivity contribution in [1.29, 1.82) is 5.26 Å². The van der Waals surface area contributed by atoms with Crippen molar-refractivity contribution < 1.29 is 4.74 Å². The molecule has 0 unspecified atom stereocenters. The van der Waals surface area contributed by atoms with E-state index in [-0.39, 0.29) is 11.1 Å². The summed E-state index contributed by atoms with van der Waals surface area (Å²) in [5.74, 6) is 0.724. The maximum absolute atomic E-state index is 12.1. The van der Waals surface area contributed by atoms with Crippen molar-refractivity contribution in [2.45, 2.75) is 19.3 Å². The summed E-state index contributed by atoms with van der Waals surface area (Å²) < 4.78 is 5.37. The molecule has 4 nitrogen and oxygen atoms in total. The number of rotatable bonds is 2. The number of nitriles is 1. The number of ether oxygens (including phenoxy) is 1. The molecule has 0 radical (unpaired) electrons. The van der Waals surface area contributed by atoms with E-state index in [1.165, 1.54) is 0 Å². The normalized spacial score (nSPS) is 12.8. The Hall–Kier alpha value is -2.54. The molecule has 1 N–H and O–H groups in total. The maximum Gasteiger partial charge on any atom is 0.266 e. The highest BCUT2D eigenvalue weighted by molar-refractivity contribution is 5.72. The van der Waals surface area contributed by atoms with E-state index in [2.05, 4.69) is 4.98 Å². The van der Waals surface area contributed by atoms with Gasteiger partial charge < -0.3 is 9.72 Å². The predicted molar refractivity (Wildman–Crippen MR) is 75.8 cm³/mol. The Kier molecular flexibility index (Phi) is 3.03. The zero-order valence-corrected chi connectivity index (χ0v) is 11.2. The second kappa shape index (κ2) is 4.86. The van der Waals surface area contributed by atoms with Gasteiger partial charge in [0.2, 0.25) is 0 Å². The summed E-state index contributed by atoms with van der Waals surface area (Å²) in [5, 5.41) is 9.15. The molecule has 0 spiro atoms. The third-order valence-corrected chi connectivity index (χ3v) is 3.78. The van der Waals surface area contributed by atoms with E-state index < -0.39 is 0 Å². The molecule has 100 valence electrons. The molecule has 1 aliphatic carbocycles. The molecule has 1 heterocycles. The maximum atomic E-state index is 12.1. The lowest BCUT2D eigenvalue weighted by atomic mass is 9.99. The first-order valence-corrected chi connectivity index (χ1v) is 6.57. The first-order chi connectivity index (χ1) is 9.76. The molecule has 0 bridgehead atoms. The van der Waals surface area contributed by atoms with Crippen LogP contribution in [0.2, 0.25) is 0 Å². The molecule has 0 aliphatic heterocycles. The fraction of sp³-hybridized carbons (Fsp3) is 0.250. The number of fused-ring (bicyclic) bond motifs is 1. The molecule has 2 aromatic rings. The van der Waals surface area contributed by atoms with Crippen LogP contribution in [0.4, 0.5) is 0 Å². The van der Waals surface area contributed by atoms with Gasteiger partial charge in [-0.05, 0) is 42.5 Å². The number of H-pyrrole nitrogens is 1. The van der Waals surface area contributed by atoms with Crippen LogP contribution < -0.4 is 10.3 Å². The minimum atomic E-state index is -0.311. The van der Waals surface area contributed by atoms with E-state index in [4.69, 9.17) is 10.00 Å². The van der Waals surface area contributed by atoms with Gasteiger partial charge in [0, 0.05) is 5.56 Å². The monoisotopic (exact) mass is 266 g/mol. The lowest BCUT2D eigenvalue weighted by molar-refractivity contribution is 0.416. The molecule has 1 aromatic carbocycles. The van der Waals surface area contributed by atoms with Crippen LogP contribution in [0.3, 0.4) is 0 Å². The minimum Gasteiger partial charge on any atom is -0.496 e. The van der Waals surface area contributed by atoms with Gasteiger partial charge in [-0.2, -0.15) is 5.26 Å². The molecular formula is C16H14N2O2. The van der Waals surface area contributed by atoms with Crippen LogP contribution in [-0.2, 0) is 12.8 Å². The van der Waals surface area contributed by atoms with Crippen LogP contribution in [0.1, 0.15) is 23.1 Å². The molecule has 0 fully saturated rings. The molecule has 1 aromatic heterocycles. The Balaban J connectivity index is 2.32. The summed E-state index contributed by atoms with van der Waals surface area (Å²) in [6.07, 6.45) is 2.65. The van der Waals surface area contributed by atoms with Crippen molar-refractivity contribution in [2.75, 3.05) is 7.11 Å². The van der Waals surface area contributed by atoms with Crippen molar-refractivity contribution in [2.24, 2.45) is 0 Å². The highest BCUT2D eigenvalue weighted by atomic mass is 16.5. The lowest BCUT2D eigenvalue weighted by Crippen LogP contribution is -2.15. The summed E-state index contributed by atoms with van der Waals surface area (Å²) in [6, 6.07) is 9.63. The molecule has 0 amide bonds. The smallest absolute Gasteiger partial charge is 0.266 e. The number of aromatic nitrogens is 1. The lowest BCUT2D eigenvalue weighted by Gasteiger charge is -2.12. The van der Waals surface area contributed by atoms with Crippen molar-refractivity contribution in [3.05, 3.63) is 51.3 Å². The molecule has 0 saturated heterocycles. The second-order valence-corrected chi connectivity index (χ2v) is 4.83. The van der Waals surface area contributed by atoms with Gasteiger partial charge in [0.25, 0.3) is 5.56 Å². The SMILES string of the molecule is COc1ccccc1-c1[nH]c(=O)c(C#N)c2c1CCC2. The van der Waals surface area contributed by atoms with Crippen LogP contribution in [0, 0.1) is 11.3 Å². The predicted octanol–water partition coefficient (Wildman–Crippen LogP) is 2.41. The summed E-state index contributed by atoms with van der Waals surface area (Å²) in [4.78, 5) is 14.9.